The molecule has 0 N–H and O–H groups in total. The van der Waals surface area contributed by atoms with E-state index < -0.39 is 0 Å². The standard InChI is InChI=1S/C17H22N4O2S/c22-17(21-6-2-7-23-21)9-14-10-19(13-16-18-4-8-24-16)12-15-3-1-5-20(15)11-14/h1,3-5,8,14H,2,6-7,9-13H2/t14-/m0/s1. The predicted octanol–water partition coefficient (Wildman–Crippen LogP) is 2.13. The SMILES string of the molecule is O=C(C[C@H]1CN(Cc2nccs2)Cc2cccn2C1)N1CCCO1. The lowest BCUT2D eigenvalue weighted by Crippen LogP contribution is -2.33. The van der Waals surface area contributed by atoms with Crippen LogP contribution in [0.3, 0.4) is 0 Å². The molecule has 4 heterocycles. The number of hydroxylamine groups is 2. The van der Waals surface area contributed by atoms with Gasteiger partial charge in [0.25, 0.3) is 0 Å². The minimum Gasteiger partial charge on any atom is -0.350 e. The van der Waals surface area contributed by atoms with Crippen LogP contribution in [-0.4, -0.2) is 45.1 Å². The van der Waals surface area contributed by atoms with E-state index in [1.165, 1.54) is 5.69 Å². The lowest BCUT2D eigenvalue weighted by molar-refractivity contribution is -0.170. The quantitative estimate of drug-likeness (QED) is 0.851. The van der Waals surface area contributed by atoms with Gasteiger partial charge < -0.3 is 4.57 Å². The van der Waals surface area contributed by atoms with Crippen molar-refractivity contribution in [3.8, 4) is 0 Å². The van der Waals surface area contributed by atoms with Gasteiger partial charge in [0.05, 0.1) is 19.7 Å². The highest BCUT2D eigenvalue weighted by Gasteiger charge is 2.27. The van der Waals surface area contributed by atoms with Crippen LogP contribution >= 0.6 is 11.3 Å². The van der Waals surface area contributed by atoms with E-state index in [1.54, 1.807) is 16.4 Å². The van der Waals surface area contributed by atoms with Crippen LogP contribution in [0, 0.1) is 5.92 Å². The van der Waals surface area contributed by atoms with Gasteiger partial charge in [0.15, 0.2) is 0 Å². The van der Waals surface area contributed by atoms with E-state index >= 15 is 0 Å². The first-order chi connectivity index (χ1) is 11.8. The van der Waals surface area contributed by atoms with Crippen LogP contribution in [0.5, 0.6) is 0 Å². The van der Waals surface area contributed by atoms with E-state index in [0.717, 1.165) is 44.2 Å². The highest BCUT2D eigenvalue weighted by molar-refractivity contribution is 7.09. The third-order valence-electron chi connectivity index (χ3n) is 4.62. The zero-order valence-electron chi connectivity index (χ0n) is 13.6. The van der Waals surface area contributed by atoms with Crippen LogP contribution in [0.25, 0.3) is 0 Å². The first-order valence-electron chi connectivity index (χ1n) is 8.46. The monoisotopic (exact) mass is 346 g/mol. The fourth-order valence-corrected chi connectivity index (χ4v) is 4.19. The van der Waals surface area contributed by atoms with Crippen molar-refractivity contribution in [2.75, 3.05) is 19.7 Å². The highest BCUT2D eigenvalue weighted by atomic mass is 32.1. The fourth-order valence-electron chi connectivity index (χ4n) is 3.53. The molecule has 0 bridgehead atoms. The molecule has 2 aromatic rings. The Morgan fingerprint density at radius 3 is 3.17 bits per heavy atom. The Morgan fingerprint density at radius 2 is 2.38 bits per heavy atom. The average molecular weight is 346 g/mol. The summed E-state index contributed by atoms with van der Waals surface area (Å²) in [5.41, 5.74) is 1.30. The molecule has 2 aromatic heterocycles. The van der Waals surface area contributed by atoms with E-state index in [1.807, 2.05) is 11.6 Å². The van der Waals surface area contributed by atoms with Crippen molar-refractivity contribution in [2.24, 2.45) is 5.92 Å². The summed E-state index contributed by atoms with van der Waals surface area (Å²) in [7, 11) is 0. The number of rotatable bonds is 4. The van der Waals surface area contributed by atoms with Crippen molar-refractivity contribution < 1.29 is 9.63 Å². The molecule has 4 rings (SSSR count). The minimum absolute atomic E-state index is 0.113. The number of nitrogens with zero attached hydrogens (tertiary/aromatic N) is 4. The number of aromatic nitrogens is 2. The van der Waals surface area contributed by atoms with Gasteiger partial charge in [-0.1, -0.05) is 0 Å². The van der Waals surface area contributed by atoms with Crippen molar-refractivity contribution in [1.29, 1.82) is 0 Å². The van der Waals surface area contributed by atoms with E-state index in [2.05, 4.69) is 32.8 Å². The topological polar surface area (TPSA) is 50.6 Å². The number of hydrogen-bond donors (Lipinski definition) is 0. The van der Waals surface area contributed by atoms with Crippen molar-refractivity contribution in [3.63, 3.8) is 0 Å². The first kappa shape index (κ1) is 15.8. The number of thiazole rings is 1. The lowest BCUT2D eigenvalue weighted by atomic mass is 10.0. The number of fused-ring (bicyclic) bond motifs is 1. The molecule has 0 radical (unpaired) electrons. The molecule has 6 nitrogen and oxygen atoms in total. The molecule has 0 aromatic carbocycles. The fraction of sp³-hybridized carbons (Fsp3) is 0.529. The Kier molecular flexibility index (Phi) is 4.64. The second-order valence-corrected chi connectivity index (χ2v) is 7.48. The second-order valence-electron chi connectivity index (χ2n) is 6.50. The summed E-state index contributed by atoms with van der Waals surface area (Å²) in [6.07, 6.45) is 5.44. The van der Waals surface area contributed by atoms with E-state index in [4.69, 9.17) is 4.84 Å². The van der Waals surface area contributed by atoms with Gasteiger partial charge in [-0.25, -0.2) is 10.0 Å². The molecule has 2 aliphatic heterocycles. The molecule has 0 aliphatic carbocycles. The number of carbonyl (C=O) groups is 1. The van der Waals surface area contributed by atoms with Crippen molar-refractivity contribution >= 4 is 17.2 Å². The molecule has 0 saturated carbocycles. The molecule has 128 valence electrons. The van der Waals surface area contributed by atoms with Crippen molar-refractivity contribution in [1.82, 2.24) is 19.5 Å². The van der Waals surface area contributed by atoms with Gasteiger partial charge in [-0.3, -0.25) is 14.5 Å². The summed E-state index contributed by atoms with van der Waals surface area (Å²) < 4.78 is 2.28. The molecule has 0 spiro atoms. The van der Waals surface area contributed by atoms with Gasteiger partial charge in [0.1, 0.15) is 5.01 Å². The Labute approximate surface area is 145 Å². The van der Waals surface area contributed by atoms with Crippen LogP contribution in [0.2, 0.25) is 0 Å². The summed E-state index contributed by atoms with van der Waals surface area (Å²) in [5, 5.41) is 4.69. The van der Waals surface area contributed by atoms with Gasteiger partial charge in [-0.15, -0.1) is 11.3 Å². The maximum atomic E-state index is 12.5. The summed E-state index contributed by atoms with van der Waals surface area (Å²) in [4.78, 5) is 24.7. The second kappa shape index (κ2) is 7.04. The Balaban J connectivity index is 1.47. The Morgan fingerprint density at radius 1 is 1.42 bits per heavy atom. The van der Waals surface area contributed by atoms with Crippen LogP contribution in [0.1, 0.15) is 23.5 Å². The molecule has 24 heavy (non-hydrogen) atoms. The normalized spacial score (nSPS) is 21.7. The van der Waals surface area contributed by atoms with Gasteiger partial charge in [-0.2, -0.15) is 0 Å². The van der Waals surface area contributed by atoms with Crippen LogP contribution in [-0.2, 0) is 29.3 Å². The maximum absolute atomic E-state index is 12.5. The molecule has 0 unspecified atom stereocenters. The molecule has 1 amide bonds. The molecule has 1 fully saturated rings. The highest BCUT2D eigenvalue weighted by Crippen LogP contribution is 2.23. The average Bonchev–Trinajstić information content (AvgIpc) is 3.29. The van der Waals surface area contributed by atoms with Crippen LogP contribution < -0.4 is 0 Å². The molecule has 1 saturated heterocycles. The third kappa shape index (κ3) is 3.53. The van der Waals surface area contributed by atoms with Gasteiger partial charge >= 0.3 is 0 Å². The van der Waals surface area contributed by atoms with Gasteiger partial charge in [0, 0.05) is 49.5 Å². The van der Waals surface area contributed by atoms with E-state index in [0.29, 0.717) is 13.0 Å². The number of carbonyl (C=O) groups excluding carboxylic acids is 1. The summed E-state index contributed by atoms with van der Waals surface area (Å²) in [6.45, 7) is 4.92. The molecular weight excluding hydrogens is 324 g/mol. The molecule has 1 atom stereocenters. The number of amides is 1. The largest absolute Gasteiger partial charge is 0.350 e. The van der Waals surface area contributed by atoms with Gasteiger partial charge in [0.2, 0.25) is 5.91 Å². The predicted molar refractivity (Wildman–Crippen MR) is 91.0 cm³/mol. The summed E-state index contributed by atoms with van der Waals surface area (Å²) in [6, 6.07) is 4.26. The van der Waals surface area contributed by atoms with Crippen molar-refractivity contribution in [2.45, 2.75) is 32.5 Å². The Bertz CT molecular complexity index is 679. The van der Waals surface area contributed by atoms with E-state index in [9.17, 15) is 4.79 Å². The Hall–Kier alpha value is -1.70. The lowest BCUT2D eigenvalue weighted by Gasteiger charge is -2.24. The van der Waals surface area contributed by atoms with E-state index in [-0.39, 0.29) is 11.8 Å². The molecular formula is C17H22N4O2S. The number of hydrogen-bond acceptors (Lipinski definition) is 5. The minimum atomic E-state index is 0.113. The third-order valence-corrected chi connectivity index (χ3v) is 5.38. The summed E-state index contributed by atoms with van der Waals surface area (Å²) >= 11 is 1.69. The zero-order valence-corrected chi connectivity index (χ0v) is 14.5. The van der Waals surface area contributed by atoms with Crippen LogP contribution in [0.4, 0.5) is 0 Å². The molecule has 7 heteroatoms. The zero-order chi connectivity index (χ0) is 16.4. The van der Waals surface area contributed by atoms with Crippen LogP contribution in [0.15, 0.2) is 29.9 Å². The van der Waals surface area contributed by atoms with Crippen molar-refractivity contribution in [3.05, 3.63) is 40.6 Å². The smallest absolute Gasteiger partial charge is 0.246 e. The van der Waals surface area contributed by atoms with Gasteiger partial charge in [-0.05, 0) is 24.5 Å². The molecule has 2 aliphatic rings. The summed E-state index contributed by atoms with van der Waals surface area (Å²) in [5.74, 6) is 0.401. The first-order valence-corrected chi connectivity index (χ1v) is 9.34. The maximum Gasteiger partial charge on any atom is 0.246 e.